The smallest absolute Gasteiger partial charge is 0.308 e. The molecular weight excluding hydrogens is 244 g/mol. The van der Waals surface area contributed by atoms with Crippen molar-refractivity contribution in [1.29, 1.82) is 0 Å². The first-order chi connectivity index (χ1) is 9.08. The normalized spacial score (nSPS) is 24.7. The second kappa shape index (κ2) is 8.15. The molecule has 110 valence electrons. The predicted molar refractivity (Wildman–Crippen MR) is 73.8 cm³/mol. The average Bonchev–Trinajstić information content (AvgIpc) is 2.42. The van der Waals surface area contributed by atoms with Crippen molar-refractivity contribution < 1.29 is 14.7 Å². The Balaban J connectivity index is 2.39. The molecule has 1 fully saturated rings. The van der Waals surface area contributed by atoms with Crippen LogP contribution in [0.25, 0.3) is 0 Å². The van der Waals surface area contributed by atoms with Crippen LogP contribution in [0.5, 0.6) is 0 Å². The van der Waals surface area contributed by atoms with E-state index in [2.05, 4.69) is 17.6 Å². The van der Waals surface area contributed by atoms with Crippen molar-refractivity contribution >= 4 is 11.9 Å². The van der Waals surface area contributed by atoms with Gasteiger partial charge in [-0.1, -0.05) is 26.7 Å². The van der Waals surface area contributed by atoms with Crippen LogP contribution >= 0.6 is 0 Å². The maximum absolute atomic E-state index is 12.0. The Kier molecular flexibility index (Phi) is 6.84. The van der Waals surface area contributed by atoms with Gasteiger partial charge in [-0.05, 0) is 31.7 Å². The summed E-state index contributed by atoms with van der Waals surface area (Å²) >= 11 is 0. The second-order valence-electron chi connectivity index (χ2n) is 5.37. The number of aliphatic carboxylic acids is 1. The number of piperidine rings is 1. The highest BCUT2D eigenvalue weighted by atomic mass is 16.4. The van der Waals surface area contributed by atoms with Gasteiger partial charge >= 0.3 is 5.97 Å². The zero-order chi connectivity index (χ0) is 14.3. The Labute approximate surface area is 115 Å². The fraction of sp³-hybridized carbons (Fsp3) is 0.857. The summed E-state index contributed by atoms with van der Waals surface area (Å²) in [5.41, 5.74) is 0. The summed E-state index contributed by atoms with van der Waals surface area (Å²) in [5.74, 6) is -0.756. The zero-order valence-electron chi connectivity index (χ0n) is 11.9. The Morgan fingerprint density at radius 3 is 2.74 bits per heavy atom. The summed E-state index contributed by atoms with van der Waals surface area (Å²) in [7, 11) is 0. The maximum atomic E-state index is 12.0. The molecule has 3 N–H and O–H groups in total. The van der Waals surface area contributed by atoms with E-state index in [0.717, 1.165) is 32.2 Å². The molecule has 0 aliphatic carbocycles. The first-order valence-electron chi connectivity index (χ1n) is 7.32. The minimum Gasteiger partial charge on any atom is -0.481 e. The Bertz CT molecular complexity index is 307. The van der Waals surface area contributed by atoms with E-state index < -0.39 is 11.9 Å². The van der Waals surface area contributed by atoms with Crippen LogP contribution in [0.15, 0.2) is 0 Å². The van der Waals surface area contributed by atoms with Gasteiger partial charge in [-0.15, -0.1) is 0 Å². The van der Waals surface area contributed by atoms with Crippen LogP contribution in [0.4, 0.5) is 0 Å². The maximum Gasteiger partial charge on any atom is 0.308 e. The Morgan fingerprint density at radius 2 is 2.16 bits per heavy atom. The van der Waals surface area contributed by atoms with Crippen molar-refractivity contribution in [2.75, 3.05) is 13.1 Å². The zero-order valence-corrected chi connectivity index (χ0v) is 11.9. The van der Waals surface area contributed by atoms with Crippen LogP contribution in [0, 0.1) is 11.8 Å². The summed E-state index contributed by atoms with van der Waals surface area (Å²) in [6.07, 6.45) is 4.48. The summed E-state index contributed by atoms with van der Waals surface area (Å²) in [6.45, 7) is 5.20. The van der Waals surface area contributed by atoms with Crippen molar-refractivity contribution in [3.8, 4) is 0 Å². The fourth-order valence-electron chi connectivity index (χ4n) is 2.58. The van der Waals surface area contributed by atoms with E-state index >= 15 is 0 Å². The molecule has 3 unspecified atom stereocenters. The highest BCUT2D eigenvalue weighted by Gasteiger charge is 2.26. The van der Waals surface area contributed by atoms with Crippen LogP contribution in [0.3, 0.4) is 0 Å². The van der Waals surface area contributed by atoms with Crippen LogP contribution in [0.2, 0.25) is 0 Å². The molecular formula is C14H26N2O3. The molecule has 0 aromatic carbocycles. The number of carbonyl (C=O) groups excluding carboxylic acids is 1. The molecule has 0 aromatic heterocycles. The highest BCUT2D eigenvalue weighted by Crippen LogP contribution is 2.19. The molecule has 3 atom stereocenters. The van der Waals surface area contributed by atoms with E-state index in [1.807, 2.05) is 6.92 Å². The number of nitrogens with one attached hydrogen (secondary N) is 2. The molecule has 1 saturated heterocycles. The molecule has 0 saturated carbocycles. The minimum absolute atomic E-state index is 0.0551. The first-order valence-corrected chi connectivity index (χ1v) is 7.32. The second-order valence-corrected chi connectivity index (χ2v) is 5.37. The summed E-state index contributed by atoms with van der Waals surface area (Å²) in [4.78, 5) is 23.0. The lowest BCUT2D eigenvalue weighted by atomic mass is 9.90. The number of carbonyl (C=O) groups is 2. The van der Waals surface area contributed by atoms with Crippen molar-refractivity contribution in [2.24, 2.45) is 11.8 Å². The van der Waals surface area contributed by atoms with Crippen molar-refractivity contribution in [3.63, 3.8) is 0 Å². The first kappa shape index (κ1) is 16.0. The number of rotatable bonds is 7. The van der Waals surface area contributed by atoms with Crippen LogP contribution in [-0.2, 0) is 9.59 Å². The van der Waals surface area contributed by atoms with Crippen molar-refractivity contribution in [1.82, 2.24) is 10.6 Å². The van der Waals surface area contributed by atoms with Gasteiger partial charge in [0.1, 0.15) is 0 Å². The average molecular weight is 270 g/mol. The molecule has 5 heteroatoms. The topological polar surface area (TPSA) is 78.4 Å². The van der Waals surface area contributed by atoms with E-state index in [1.165, 1.54) is 0 Å². The molecule has 1 aliphatic heterocycles. The van der Waals surface area contributed by atoms with Gasteiger partial charge < -0.3 is 15.7 Å². The van der Waals surface area contributed by atoms with Gasteiger partial charge in [0, 0.05) is 6.54 Å². The van der Waals surface area contributed by atoms with E-state index in [-0.39, 0.29) is 18.5 Å². The van der Waals surface area contributed by atoms with E-state index in [0.29, 0.717) is 12.3 Å². The van der Waals surface area contributed by atoms with E-state index in [4.69, 9.17) is 5.11 Å². The van der Waals surface area contributed by atoms with Gasteiger partial charge in [0.05, 0.1) is 12.0 Å². The number of amides is 1. The standard InChI is InChI=1S/C14H26N2O3/c1-3-5-11(14(18)19)9-16-13(17)12-8-10(4-2)6-7-15-12/h10-12,15H,3-9H2,1-2H3,(H,16,17)(H,18,19). The van der Waals surface area contributed by atoms with Gasteiger partial charge in [0.15, 0.2) is 0 Å². The molecule has 1 aliphatic rings. The molecule has 1 rings (SSSR count). The van der Waals surface area contributed by atoms with Gasteiger partial charge in [-0.3, -0.25) is 9.59 Å². The Hall–Kier alpha value is -1.10. The largest absolute Gasteiger partial charge is 0.481 e. The number of hydrogen-bond donors (Lipinski definition) is 3. The molecule has 5 nitrogen and oxygen atoms in total. The van der Waals surface area contributed by atoms with E-state index in [1.54, 1.807) is 0 Å². The predicted octanol–water partition coefficient (Wildman–Crippen LogP) is 1.38. The number of carboxylic acids is 1. The van der Waals surface area contributed by atoms with Crippen LogP contribution < -0.4 is 10.6 Å². The highest BCUT2D eigenvalue weighted by molar-refractivity contribution is 5.82. The molecule has 1 heterocycles. The monoisotopic (exact) mass is 270 g/mol. The van der Waals surface area contributed by atoms with Crippen LogP contribution in [0.1, 0.15) is 46.0 Å². The van der Waals surface area contributed by atoms with Crippen LogP contribution in [-0.4, -0.2) is 36.1 Å². The van der Waals surface area contributed by atoms with Crippen molar-refractivity contribution in [2.45, 2.75) is 52.0 Å². The van der Waals surface area contributed by atoms with Gasteiger partial charge in [0.2, 0.25) is 5.91 Å². The summed E-state index contributed by atoms with van der Waals surface area (Å²) in [6, 6.07) is -0.158. The lowest BCUT2D eigenvalue weighted by Gasteiger charge is -2.29. The molecule has 1 amide bonds. The number of hydrogen-bond acceptors (Lipinski definition) is 3. The third-order valence-electron chi connectivity index (χ3n) is 3.92. The molecule has 19 heavy (non-hydrogen) atoms. The lowest BCUT2D eigenvalue weighted by Crippen LogP contribution is -2.49. The van der Waals surface area contributed by atoms with Gasteiger partial charge in [-0.2, -0.15) is 0 Å². The summed E-state index contributed by atoms with van der Waals surface area (Å²) < 4.78 is 0. The number of carboxylic acid groups (broad SMARTS) is 1. The fourth-order valence-corrected chi connectivity index (χ4v) is 2.58. The minimum atomic E-state index is -0.829. The SMILES string of the molecule is CCCC(CNC(=O)C1CC(CC)CCN1)C(=O)O. The van der Waals surface area contributed by atoms with Gasteiger partial charge in [-0.25, -0.2) is 0 Å². The van der Waals surface area contributed by atoms with Crippen molar-refractivity contribution in [3.05, 3.63) is 0 Å². The summed E-state index contributed by atoms with van der Waals surface area (Å²) in [5, 5.41) is 15.0. The third-order valence-corrected chi connectivity index (χ3v) is 3.92. The molecule has 0 radical (unpaired) electrons. The third kappa shape index (κ3) is 5.19. The quantitative estimate of drug-likeness (QED) is 0.653. The molecule has 0 bridgehead atoms. The van der Waals surface area contributed by atoms with Gasteiger partial charge in [0.25, 0.3) is 0 Å². The molecule has 0 spiro atoms. The molecule has 0 aromatic rings. The van der Waals surface area contributed by atoms with E-state index in [9.17, 15) is 9.59 Å². The lowest BCUT2D eigenvalue weighted by molar-refractivity contribution is -0.142. The Morgan fingerprint density at radius 1 is 1.42 bits per heavy atom.